The first-order valence-electron chi connectivity index (χ1n) is 6.20. The lowest BCUT2D eigenvalue weighted by Gasteiger charge is -2.11. The first-order chi connectivity index (χ1) is 9.25. The summed E-state index contributed by atoms with van der Waals surface area (Å²) in [6.07, 6.45) is 1.30. The molecule has 0 aliphatic carbocycles. The number of halogens is 2. The molecule has 2 rings (SSSR count). The van der Waals surface area contributed by atoms with E-state index in [-0.39, 0.29) is 30.7 Å². The molecule has 7 heteroatoms. The average molecular weight is 348 g/mol. The maximum Gasteiger partial charge on any atom is 0.237 e. The zero-order chi connectivity index (χ0) is 13.5. The van der Waals surface area contributed by atoms with Gasteiger partial charge in [0.05, 0.1) is 17.2 Å². The second-order valence-electron chi connectivity index (χ2n) is 4.32. The van der Waals surface area contributed by atoms with Gasteiger partial charge in [-0.3, -0.25) is 4.79 Å². The van der Waals surface area contributed by atoms with Crippen molar-refractivity contribution in [2.75, 3.05) is 6.54 Å². The fourth-order valence-electron chi connectivity index (χ4n) is 1.77. The number of amides is 1. The molecule has 0 bridgehead atoms. The minimum Gasteiger partial charge on any atom is -0.354 e. The van der Waals surface area contributed by atoms with E-state index in [4.69, 9.17) is 5.73 Å². The Labute approximate surface area is 141 Å². The normalized spacial score (nSPS) is 10.9. The van der Waals surface area contributed by atoms with Crippen LogP contribution in [0.4, 0.5) is 0 Å². The van der Waals surface area contributed by atoms with E-state index < -0.39 is 6.04 Å². The highest BCUT2D eigenvalue weighted by molar-refractivity contribution is 7.07. The predicted molar refractivity (Wildman–Crippen MR) is 91.4 cm³/mol. The summed E-state index contributed by atoms with van der Waals surface area (Å²) in [6, 6.07) is 9.29. The van der Waals surface area contributed by atoms with Crippen LogP contribution < -0.4 is 11.1 Å². The molecule has 1 heterocycles. The SMILES string of the molecule is Cl.Cl.N[C@@H](Cc1ccccc1)C(=O)NCCc1cscn1. The zero-order valence-corrected chi connectivity index (χ0v) is 13.8. The molecule has 0 radical (unpaired) electrons. The monoisotopic (exact) mass is 347 g/mol. The van der Waals surface area contributed by atoms with Gasteiger partial charge in [-0.2, -0.15) is 0 Å². The minimum atomic E-state index is -0.502. The van der Waals surface area contributed by atoms with Crippen LogP contribution in [0.25, 0.3) is 0 Å². The molecule has 0 aliphatic heterocycles. The molecule has 1 aromatic heterocycles. The summed E-state index contributed by atoms with van der Waals surface area (Å²) in [5.41, 5.74) is 9.75. The number of carbonyl (C=O) groups excluding carboxylic acids is 1. The van der Waals surface area contributed by atoms with Crippen molar-refractivity contribution >= 4 is 42.1 Å². The van der Waals surface area contributed by atoms with Gasteiger partial charge in [-0.25, -0.2) is 4.98 Å². The lowest BCUT2D eigenvalue weighted by molar-refractivity contribution is -0.122. The molecule has 0 saturated heterocycles. The predicted octanol–water partition coefficient (Wildman–Crippen LogP) is 2.22. The van der Waals surface area contributed by atoms with Crippen LogP contribution in [0.2, 0.25) is 0 Å². The molecule has 0 aliphatic rings. The van der Waals surface area contributed by atoms with Crippen LogP contribution >= 0.6 is 36.2 Å². The number of hydrogen-bond donors (Lipinski definition) is 2. The number of thiazole rings is 1. The van der Waals surface area contributed by atoms with Crippen molar-refractivity contribution in [3.05, 3.63) is 52.5 Å². The van der Waals surface area contributed by atoms with Gasteiger partial charge < -0.3 is 11.1 Å². The maximum absolute atomic E-state index is 11.8. The first-order valence-corrected chi connectivity index (χ1v) is 7.14. The van der Waals surface area contributed by atoms with E-state index in [1.54, 1.807) is 16.8 Å². The molecule has 2 aromatic rings. The molecule has 0 spiro atoms. The molecule has 1 amide bonds. The fourth-order valence-corrected chi connectivity index (χ4v) is 2.36. The Morgan fingerprint density at radius 2 is 2.00 bits per heavy atom. The van der Waals surface area contributed by atoms with Crippen molar-refractivity contribution in [3.63, 3.8) is 0 Å². The Morgan fingerprint density at radius 1 is 1.29 bits per heavy atom. The molecule has 116 valence electrons. The van der Waals surface area contributed by atoms with E-state index in [0.717, 1.165) is 17.7 Å². The third kappa shape index (κ3) is 6.91. The smallest absolute Gasteiger partial charge is 0.237 e. The van der Waals surface area contributed by atoms with E-state index >= 15 is 0 Å². The largest absolute Gasteiger partial charge is 0.354 e. The topological polar surface area (TPSA) is 68.0 Å². The van der Waals surface area contributed by atoms with Crippen molar-refractivity contribution in [2.45, 2.75) is 18.9 Å². The number of carbonyl (C=O) groups is 1. The number of benzene rings is 1. The molecular weight excluding hydrogens is 329 g/mol. The van der Waals surface area contributed by atoms with Crippen LogP contribution in [0.15, 0.2) is 41.2 Å². The highest BCUT2D eigenvalue weighted by Gasteiger charge is 2.13. The lowest BCUT2D eigenvalue weighted by atomic mass is 10.1. The van der Waals surface area contributed by atoms with Gasteiger partial charge in [-0.1, -0.05) is 30.3 Å². The minimum absolute atomic E-state index is 0. The Bertz CT molecular complexity index is 508. The third-order valence-corrected chi connectivity index (χ3v) is 3.43. The highest BCUT2D eigenvalue weighted by Crippen LogP contribution is 2.03. The van der Waals surface area contributed by atoms with Crippen LogP contribution in [0, 0.1) is 0 Å². The maximum atomic E-state index is 11.8. The molecule has 1 atom stereocenters. The van der Waals surface area contributed by atoms with E-state index in [1.165, 1.54) is 0 Å². The summed E-state index contributed by atoms with van der Waals surface area (Å²) in [5.74, 6) is -0.112. The summed E-state index contributed by atoms with van der Waals surface area (Å²) >= 11 is 1.56. The first kappa shape index (κ1) is 19.9. The number of nitrogens with zero attached hydrogens (tertiary/aromatic N) is 1. The Hall–Kier alpha value is -1.14. The van der Waals surface area contributed by atoms with Crippen molar-refractivity contribution in [1.29, 1.82) is 0 Å². The fraction of sp³-hybridized carbons (Fsp3) is 0.286. The van der Waals surface area contributed by atoms with Gasteiger partial charge in [-0.15, -0.1) is 36.2 Å². The van der Waals surface area contributed by atoms with Crippen LogP contribution in [-0.4, -0.2) is 23.5 Å². The number of nitrogens with one attached hydrogen (secondary N) is 1. The molecule has 1 aromatic carbocycles. The van der Waals surface area contributed by atoms with E-state index in [1.807, 2.05) is 35.7 Å². The molecule has 4 nitrogen and oxygen atoms in total. The molecule has 0 saturated carbocycles. The number of aromatic nitrogens is 1. The van der Waals surface area contributed by atoms with Gasteiger partial charge in [0, 0.05) is 18.3 Å². The van der Waals surface area contributed by atoms with E-state index in [2.05, 4.69) is 10.3 Å². The average Bonchev–Trinajstić information content (AvgIpc) is 2.93. The summed E-state index contributed by atoms with van der Waals surface area (Å²) in [6.45, 7) is 0.574. The number of nitrogens with two attached hydrogens (primary N) is 1. The van der Waals surface area contributed by atoms with Gasteiger partial charge in [0.15, 0.2) is 0 Å². The summed E-state index contributed by atoms with van der Waals surface area (Å²) in [4.78, 5) is 16.0. The van der Waals surface area contributed by atoms with Crippen LogP contribution in [0.5, 0.6) is 0 Å². The Balaban J connectivity index is 0.00000200. The van der Waals surface area contributed by atoms with Crippen LogP contribution in [0.3, 0.4) is 0 Å². The molecule has 0 fully saturated rings. The second-order valence-corrected chi connectivity index (χ2v) is 5.04. The summed E-state index contributed by atoms with van der Waals surface area (Å²) in [5, 5.41) is 4.82. The van der Waals surface area contributed by atoms with Gasteiger partial charge in [0.2, 0.25) is 5.91 Å². The summed E-state index contributed by atoms with van der Waals surface area (Å²) in [7, 11) is 0. The van der Waals surface area contributed by atoms with Crippen molar-refractivity contribution in [3.8, 4) is 0 Å². The van der Waals surface area contributed by atoms with Gasteiger partial charge in [-0.05, 0) is 12.0 Å². The molecule has 3 N–H and O–H groups in total. The van der Waals surface area contributed by atoms with Crippen molar-refractivity contribution in [2.24, 2.45) is 5.73 Å². The van der Waals surface area contributed by atoms with Crippen LogP contribution in [-0.2, 0) is 17.6 Å². The standard InChI is InChI=1S/C14H17N3OS.2ClH/c15-13(8-11-4-2-1-3-5-11)14(18)16-7-6-12-9-19-10-17-12;;/h1-5,9-10,13H,6-8,15H2,(H,16,18);2*1H/t13-;;/m0../s1. The second kappa shape index (κ2) is 10.6. The van der Waals surface area contributed by atoms with Gasteiger partial charge in [0.1, 0.15) is 0 Å². The Morgan fingerprint density at radius 3 is 2.62 bits per heavy atom. The zero-order valence-electron chi connectivity index (χ0n) is 11.4. The molecular formula is C14H19Cl2N3OS. The highest BCUT2D eigenvalue weighted by atomic mass is 35.5. The van der Waals surface area contributed by atoms with Gasteiger partial charge >= 0.3 is 0 Å². The molecule has 21 heavy (non-hydrogen) atoms. The van der Waals surface area contributed by atoms with E-state index in [0.29, 0.717) is 13.0 Å². The van der Waals surface area contributed by atoms with Crippen molar-refractivity contribution < 1.29 is 4.79 Å². The van der Waals surface area contributed by atoms with E-state index in [9.17, 15) is 4.79 Å². The van der Waals surface area contributed by atoms with Gasteiger partial charge in [0.25, 0.3) is 0 Å². The third-order valence-electron chi connectivity index (χ3n) is 2.80. The number of rotatable bonds is 6. The number of hydrogen-bond acceptors (Lipinski definition) is 4. The van der Waals surface area contributed by atoms with Crippen molar-refractivity contribution in [1.82, 2.24) is 10.3 Å². The lowest BCUT2D eigenvalue weighted by Crippen LogP contribution is -2.42. The van der Waals surface area contributed by atoms with Crippen LogP contribution in [0.1, 0.15) is 11.3 Å². The molecule has 0 unspecified atom stereocenters. The quantitative estimate of drug-likeness (QED) is 0.841. The Kier molecular flexibility index (Phi) is 9.99. The summed E-state index contributed by atoms with van der Waals surface area (Å²) < 4.78 is 0.